The van der Waals surface area contributed by atoms with E-state index in [2.05, 4.69) is 37.9 Å². The molecule has 0 bridgehead atoms. The maximum Gasteiger partial charge on any atom is 0.0591 e. The van der Waals surface area contributed by atoms with E-state index in [0.29, 0.717) is 12.0 Å². The van der Waals surface area contributed by atoms with Gasteiger partial charge in [-0.2, -0.15) is 0 Å². The van der Waals surface area contributed by atoms with Crippen LogP contribution >= 0.6 is 0 Å². The van der Waals surface area contributed by atoms with Crippen LogP contribution in [0, 0.1) is 11.8 Å². The third-order valence-corrected chi connectivity index (χ3v) is 3.35. The number of rotatable bonds is 8. The van der Waals surface area contributed by atoms with Crippen LogP contribution in [0.2, 0.25) is 0 Å². The first-order valence-electron chi connectivity index (χ1n) is 7.12. The Morgan fingerprint density at radius 3 is 2.65 bits per heavy atom. The summed E-state index contributed by atoms with van der Waals surface area (Å²) in [6, 6.07) is 0.703. The highest BCUT2D eigenvalue weighted by molar-refractivity contribution is 4.78. The standard InChI is InChI=1S/C14H30N2O/c1-12(2)11-17-8-6-15-9-14-5-7-16(10-14)13(3)4/h12-15H,5-11H2,1-4H3. The zero-order valence-corrected chi connectivity index (χ0v) is 12.0. The number of hydrogen-bond donors (Lipinski definition) is 1. The van der Waals surface area contributed by atoms with Crippen molar-refractivity contribution in [2.75, 3.05) is 39.4 Å². The third kappa shape index (κ3) is 6.39. The summed E-state index contributed by atoms with van der Waals surface area (Å²) in [6.07, 6.45) is 1.35. The molecule has 0 aromatic carbocycles. The average molecular weight is 242 g/mol. The predicted molar refractivity (Wildman–Crippen MR) is 73.3 cm³/mol. The van der Waals surface area contributed by atoms with Gasteiger partial charge in [0, 0.05) is 25.7 Å². The Labute approximate surface area is 107 Å². The first-order chi connectivity index (χ1) is 8.09. The Morgan fingerprint density at radius 1 is 1.29 bits per heavy atom. The second kappa shape index (κ2) is 8.06. The third-order valence-electron chi connectivity index (χ3n) is 3.35. The van der Waals surface area contributed by atoms with Crippen molar-refractivity contribution >= 4 is 0 Å². The number of ether oxygens (including phenoxy) is 1. The molecule has 0 spiro atoms. The summed E-state index contributed by atoms with van der Waals surface area (Å²) in [6.45, 7) is 15.3. The van der Waals surface area contributed by atoms with E-state index in [1.807, 2.05) is 0 Å². The van der Waals surface area contributed by atoms with Crippen LogP contribution < -0.4 is 5.32 Å². The van der Waals surface area contributed by atoms with Gasteiger partial charge in [-0.3, -0.25) is 0 Å². The van der Waals surface area contributed by atoms with Gasteiger partial charge in [0.15, 0.2) is 0 Å². The molecule has 3 nitrogen and oxygen atoms in total. The van der Waals surface area contributed by atoms with Gasteiger partial charge in [-0.25, -0.2) is 0 Å². The van der Waals surface area contributed by atoms with Crippen molar-refractivity contribution < 1.29 is 4.74 Å². The van der Waals surface area contributed by atoms with E-state index in [1.54, 1.807) is 0 Å². The fraction of sp³-hybridized carbons (Fsp3) is 1.00. The molecule has 0 saturated carbocycles. The highest BCUT2D eigenvalue weighted by Crippen LogP contribution is 2.17. The molecule has 102 valence electrons. The molecule has 1 N–H and O–H groups in total. The van der Waals surface area contributed by atoms with Gasteiger partial charge in [0.1, 0.15) is 0 Å². The van der Waals surface area contributed by atoms with E-state index in [1.165, 1.54) is 19.5 Å². The van der Waals surface area contributed by atoms with Crippen molar-refractivity contribution in [3.8, 4) is 0 Å². The monoisotopic (exact) mass is 242 g/mol. The van der Waals surface area contributed by atoms with Gasteiger partial charge >= 0.3 is 0 Å². The SMILES string of the molecule is CC(C)COCCNCC1CCN(C(C)C)C1. The maximum atomic E-state index is 5.55. The lowest BCUT2D eigenvalue weighted by Crippen LogP contribution is -2.31. The Morgan fingerprint density at radius 2 is 2.06 bits per heavy atom. The molecule has 0 radical (unpaired) electrons. The summed E-state index contributed by atoms with van der Waals surface area (Å²) in [5.74, 6) is 1.48. The predicted octanol–water partition coefficient (Wildman–Crippen LogP) is 1.98. The highest BCUT2D eigenvalue weighted by atomic mass is 16.5. The van der Waals surface area contributed by atoms with Crippen molar-refractivity contribution in [1.82, 2.24) is 10.2 Å². The minimum Gasteiger partial charge on any atom is -0.380 e. The zero-order chi connectivity index (χ0) is 12.7. The average Bonchev–Trinajstić information content (AvgIpc) is 2.71. The van der Waals surface area contributed by atoms with Crippen molar-refractivity contribution in [3.05, 3.63) is 0 Å². The molecule has 1 fully saturated rings. The van der Waals surface area contributed by atoms with E-state index < -0.39 is 0 Å². The van der Waals surface area contributed by atoms with Crippen LogP contribution in [-0.4, -0.2) is 50.3 Å². The molecule has 1 heterocycles. The van der Waals surface area contributed by atoms with Gasteiger partial charge in [0.2, 0.25) is 0 Å². The van der Waals surface area contributed by atoms with E-state index >= 15 is 0 Å². The van der Waals surface area contributed by atoms with Crippen LogP contribution in [0.5, 0.6) is 0 Å². The van der Waals surface area contributed by atoms with Crippen LogP contribution in [0.1, 0.15) is 34.1 Å². The second-order valence-corrected chi connectivity index (χ2v) is 5.92. The Balaban J connectivity index is 1.94. The Bertz CT molecular complexity index is 195. The molecule has 1 unspecified atom stereocenters. The maximum absolute atomic E-state index is 5.55. The minimum atomic E-state index is 0.643. The van der Waals surface area contributed by atoms with Crippen LogP contribution in [-0.2, 0) is 4.74 Å². The lowest BCUT2D eigenvalue weighted by atomic mass is 10.1. The number of hydrogen-bond acceptors (Lipinski definition) is 3. The lowest BCUT2D eigenvalue weighted by Gasteiger charge is -2.20. The highest BCUT2D eigenvalue weighted by Gasteiger charge is 2.23. The molecular weight excluding hydrogens is 212 g/mol. The molecule has 1 aliphatic heterocycles. The molecule has 0 aromatic heterocycles. The topological polar surface area (TPSA) is 24.5 Å². The van der Waals surface area contributed by atoms with Gasteiger partial charge in [-0.05, 0) is 45.2 Å². The van der Waals surface area contributed by atoms with E-state index in [4.69, 9.17) is 4.74 Å². The van der Waals surface area contributed by atoms with E-state index in [0.717, 1.165) is 32.2 Å². The first kappa shape index (κ1) is 14.9. The summed E-state index contributed by atoms with van der Waals surface area (Å²) in [5, 5.41) is 3.51. The fourth-order valence-electron chi connectivity index (χ4n) is 2.27. The lowest BCUT2D eigenvalue weighted by molar-refractivity contribution is 0.111. The fourth-order valence-corrected chi connectivity index (χ4v) is 2.27. The molecule has 0 amide bonds. The smallest absolute Gasteiger partial charge is 0.0591 e. The molecule has 17 heavy (non-hydrogen) atoms. The summed E-state index contributed by atoms with van der Waals surface area (Å²) in [5.41, 5.74) is 0. The van der Waals surface area contributed by atoms with Gasteiger partial charge < -0.3 is 15.0 Å². The number of likely N-dealkylation sites (tertiary alicyclic amines) is 1. The van der Waals surface area contributed by atoms with Crippen molar-refractivity contribution in [2.45, 2.75) is 40.2 Å². The van der Waals surface area contributed by atoms with Crippen LogP contribution in [0.3, 0.4) is 0 Å². The van der Waals surface area contributed by atoms with E-state index in [-0.39, 0.29) is 0 Å². The first-order valence-corrected chi connectivity index (χ1v) is 7.12. The summed E-state index contributed by atoms with van der Waals surface area (Å²) in [7, 11) is 0. The van der Waals surface area contributed by atoms with Crippen LogP contribution in [0.25, 0.3) is 0 Å². The van der Waals surface area contributed by atoms with Gasteiger partial charge in [-0.15, -0.1) is 0 Å². The number of nitrogens with one attached hydrogen (secondary N) is 1. The molecule has 1 aliphatic rings. The summed E-state index contributed by atoms with van der Waals surface area (Å²) >= 11 is 0. The van der Waals surface area contributed by atoms with Crippen molar-refractivity contribution in [3.63, 3.8) is 0 Å². The van der Waals surface area contributed by atoms with Crippen molar-refractivity contribution in [1.29, 1.82) is 0 Å². The minimum absolute atomic E-state index is 0.643. The normalized spacial score (nSPS) is 21.9. The van der Waals surface area contributed by atoms with Gasteiger partial charge in [0.05, 0.1) is 6.61 Å². The largest absolute Gasteiger partial charge is 0.380 e. The van der Waals surface area contributed by atoms with Crippen LogP contribution in [0.4, 0.5) is 0 Å². The molecule has 0 aromatic rings. The Kier molecular flexibility index (Phi) is 7.09. The summed E-state index contributed by atoms with van der Waals surface area (Å²) < 4.78 is 5.55. The van der Waals surface area contributed by atoms with Gasteiger partial charge in [0.25, 0.3) is 0 Å². The van der Waals surface area contributed by atoms with E-state index in [9.17, 15) is 0 Å². The molecule has 0 aliphatic carbocycles. The molecule has 1 atom stereocenters. The molecule has 1 saturated heterocycles. The molecule has 3 heteroatoms. The quantitative estimate of drug-likeness (QED) is 0.659. The van der Waals surface area contributed by atoms with Crippen LogP contribution in [0.15, 0.2) is 0 Å². The number of nitrogens with zero attached hydrogens (tertiary/aromatic N) is 1. The summed E-state index contributed by atoms with van der Waals surface area (Å²) in [4.78, 5) is 2.57. The van der Waals surface area contributed by atoms with Gasteiger partial charge in [-0.1, -0.05) is 13.8 Å². The zero-order valence-electron chi connectivity index (χ0n) is 12.0. The molecular formula is C14H30N2O. The second-order valence-electron chi connectivity index (χ2n) is 5.92. The Hall–Kier alpha value is -0.120. The molecule has 1 rings (SSSR count). The van der Waals surface area contributed by atoms with Crippen molar-refractivity contribution in [2.24, 2.45) is 11.8 Å².